The smallest absolute Gasteiger partial charge is 0.243 e. The summed E-state index contributed by atoms with van der Waals surface area (Å²) in [4.78, 5) is 4.67. The average Bonchev–Trinajstić information content (AvgIpc) is 3.23. The molecule has 3 heterocycles. The third-order valence-corrected chi connectivity index (χ3v) is 7.52. The van der Waals surface area contributed by atoms with Crippen molar-refractivity contribution >= 4 is 37.6 Å². The van der Waals surface area contributed by atoms with Gasteiger partial charge in [0.1, 0.15) is 0 Å². The molecule has 144 valence electrons. The highest BCUT2D eigenvalue weighted by atomic mass is 79.9. The highest BCUT2D eigenvalue weighted by Crippen LogP contribution is 2.23. The highest BCUT2D eigenvalue weighted by molar-refractivity contribution is 9.10. The number of anilines is 2. The number of sulfonamides is 1. The van der Waals surface area contributed by atoms with E-state index in [9.17, 15) is 8.42 Å². The number of aromatic nitrogens is 2. The molecular formula is C18H22BrN5O2S. The van der Waals surface area contributed by atoms with Gasteiger partial charge in [-0.15, -0.1) is 10.2 Å². The molecule has 2 aliphatic rings. The summed E-state index contributed by atoms with van der Waals surface area (Å²) in [6, 6.07) is 10.8. The van der Waals surface area contributed by atoms with Gasteiger partial charge >= 0.3 is 0 Å². The Morgan fingerprint density at radius 3 is 1.78 bits per heavy atom. The number of benzene rings is 1. The van der Waals surface area contributed by atoms with E-state index in [-0.39, 0.29) is 0 Å². The van der Waals surface area contributed by atoms with Gasteiger partial charge in [0.2, 0.25) is 10.0 Å². The van der Waals surface area contributed by atoms with Crippen LogP contribution in [-0.4, -0.2) is 62.2 Å². The molecule has 2 saturated heterocycles. The van der Waals surface area contributed by atoms with Crippen LogP contribution in [0.3, 0.4) is 0 Å². The van der Waals surface area contributed by atoms with E-state index in [0.717, 1.165) is 29.2 Å². The van der Waals surface area contributed by atoms with Crippen molar-refractivity contribution in [3.63, 3.8) is 0 Å². The Hall–Kier alpha value is -1.71. The number of halogens is 1. The standard InChI is InChI=1S/C18H22BrN5O2S/c19-15-3-5-16(6-4-15)27(25,26)24-13-11-23(12-14-24)18-8-7-17(20-21-18)22-9-1-2-10-22/h3-8H,1-2,9-14H2. The van der Waals surface area contributed by atoms with Gasteiger partial charge in [0.25, 0.3) is 0 Å². The number of hydrogen-bond acceptors (Lipinski definition) is 6. The van der Waals surface area contributed by atoms with Gasteiger partial charge in [-0.2, -0.15) is 4.31 Å². The molecule has 0 amide bonds. The maximum atomic E-state index is 12.8. The van der Waals surface area contributed by atoms with Crippen molar-refractivity contribution in [1.29, 1.82) is 0 Å². The molecule has 2 fully saturated rings. The predicted molar refractivity (Wildman–Crippen MR) is 109 cm³/mol. The number of nitrogens with zero attached hydrogens (tertiary/aromatic N) is 5. The van der Waals surface area contributed by atoms with E-state index in [0.29, 0.717) is 31.1 Å². The lowest BCUT2D eigenvalue weighted by atomic mass is 10.3. The van der Waals surface area contributed by atoms with Crippen LogP contribution in [0.1, 0.15) is 12.8 Å². The molecule has 0 saturated carbocycles. The average molecular weight is 452 g/mol. The molecular weight excluding hydrogens is 430 g/mol. The lowest BCUT2D eigenvalue weighted by molar-refractivity contribution is 0.383. The van der Waals surface area contributed by atoms with Gasteiger partial charge in [-0.3, -0.25) is 0 Å². The fraction of sp³-hybridized carbons (Fsp3) is 0.444. The summed E-state index contributed by atoms with van der Waals surface area (Å²) in [5.74, 6) is 1.73. The second kappa shape index (κ2) is 7.73. The van der Waals surface area contributed by atoms with Gasteiger partial charge in [0, 0.05) is 43.7 Å². The largest absolute Gasteiger partial charge is 0.355 e. The molecule has 2 aliphatic heterocycles. The van der Waals surface area contributed by atoms with Gasteiger partial charge in [-0.25, -0.2) is 8.42 Å². The Morgan fingerprint density at radius 1 is 0.741 bits per heavy atom. The molecule has 1 aromatic heterocycles. The van der Waals surface area contributed by atoms with Crippen LogP contribution in [-0.2, 0) is 10.0 Å². The minimum atomic E-state index is -3.46. The van der Waals surface area contributed by atoms with Crippen molar-refractivity contribution in [2.45, 2.75) is 17.7 Å². The Kier molecular flexibility index (Phi) is 5.34. The minimum absolute atomic E-state index is 0.328. The summed E-state index contributed by atoms with van der Waals surface area (Å²) in [6.07, 6.45) is 2.41. The Balaban J connectivity index is 1.40. The maximum absolute atomic E-state index is 12.8. The molecule has 0 bridgehead atoms. The van der Waals surface area contributed by atoms with Crippen LogP contribution in [0.25, 0.3) is 0 Å². The summed E-state index contributed by atoms with van der Waals surface area (Å²) in [6.45, 7) is 4.17. The van der Waals surface area contributed by atoms with E-state index in [1.54, 1.807) is 28.6 Å². The number of hydrogen-bond donors (Lipinski definition) is 0. The summed E-state index contributed by atoms with van der Waals surface area (Å²) in [7, 11) is -3.46. The van der Waals surface area contributed by atoms with Gasteiger partial charge in [0.15, 0.2) is 11.6 Å². The van der Waals surface area contributed by atoms with Crippen LogP contribution in [0.4, 0.5) is 11.6 Å². The zero-order chi connectivity index (χ0) is 18.9. The maximum Gasteiger partial charge on any atom is 0.243 e. The zero-order valence-electron chi connectivity index (χ0n) is 15.0. The molecule has 0 radical (unpaired) electrons. The molecule has 9 heteroatoms. The normalized spacial score (nSPS) is 18.9. The van der Waals surface area contributed by atoms with Crippen molar-refractivity contribution in [2.75, 3.05) is 49.1 Å². The number of rotatable bonds is 4. The third-order valence-electron chi connectivity index (χ3n) is 5.08. The Morgan fingerprint density at radius 2 is 1.26 bits per heavy atom. The molecule has 0 atom stereocenters. The monoisotopic (exact) mass is 451 g/mol. The van der Waals surface area contributed by atoms with E-state index in [1.807, 2.05) is 12.1 Å². The van der Waals surface area contributed by atoms with E-state index >= 15 is 0 Å². The van der Waals surface area contributed by atoms with Gasteiger partial charge in [-0.1, -0.05) is 15.9 Å². The molecule has 7 nitrogen and oxygen atoms in total. The first-order valence-corrected chi connectivity index (χ1v) is 11.4. The van der Waals surface area contributed by atoms with Gasteiger partial charge in [-0.05, 0) is 49.2 Å². The molecule has 0 N–H and O–H groups in total. The first-order chi connectivity index (χ1) is 13.0. The second-order valence-electron chi connectivity index (χ2n) is 6.79. The molecule has 0 spiro atoms. The summed E-state index contributed by atoms with van der Waals surface area (Å²) < 4.78 is 28.0. The van der Waals surface area contributed by atoms with E-state index < -0.39 is 10.0 Å². The van der Waals surface area contributed by atoms with Crippen molar-refractivity contribution in [1.82, 2.24) is 14.5 Å². The summed E-state index contributed by atoms with van der Waals surface area (Å²) >= 11 is 3.34. The molecule has 2 aromatic rings. The molecule has 0 aliphatic carbocycles. The third kappa shape index (κ3) is 3.95. The minimum Gasteiger partial charge on any atom is -0.355 e. The van der Waals surface area contributed by atoms with Gasteiger partial charge < -0.3 is 9.80 Å². The van der Waals surface area contributed by atoms with Crippen LogP contribution in [0.15, 0.2) is 45.8 Å². The summed E-state index contributed by atoms with van der Waals surface area (Å²) in [5, 5.41) is 8.72. The Bertz CT molecular complexity index is 875. The summed E-state index contributed by atoms with van der Waals surface area (Å²) in [5.41, 5.74) is 0. The molecule has 27 heavy (non-hydrogen) atoms. The van der Waals surface area contributed by atoms with E-state index in [2.05, 4.69) is 35.9 Å². The quantitative estimate of drug-likeness (QED) is 0.710. The van der Waals surface area contributed by atoms with E-state index in [4.69, 9.17) is 0 Å². The van der Waals surface area contributed by atoms with Crippen LogP contribution in [0, 0.1) is 0 Å². The fourth-order valence-corrected chi connectivity index (χ4v) is 5.20. The lowest BCUT2D eigenvalue weighted by Gasteiger charge is -2.34. The van der Waals surface area contributed by atoms with Crippen molar-refractivity contribution in [3.05, 3.63) is 40.9 Å². The first-order valence-electron chi connectivity index (χ1n) is 9.13. The van der Waals surface area contributed by atoms with Crippen molar-refractivity contribution < 1.29 is 8.42 Å². The molecule has 0 unspecified atom stereocenters. The highest BCUT2D eigenvalue weighted by Gasteiger charge is 2.29. The van der Waals surface area contributed by atoms with Crippen molar-refractivity contribution in [2.24, 2.45) is 0 Å². The van der Waals surface area contributed by atoms with Crippen molar-refractivity contribution in [3.8, 4) is 0 Å². The van der Waals surface area contributed by atoms with Crippen LogP contribution in [0.5, 0.6) is 0 Å². The first kappa shape index (κ1) is 18.6. The fourth-order valence-electron chi connectivity index (χ4n) is 3.51. The van der Waals surface area contributed by atoms with Crippen LogP contribution < -0.4 is 9.80 Å². The predicted octanol–water partition coefficient (Wildman–Crippen LogP) is 2.35. The van der Waals surface area contributed by atoms with Gasteiger partial charge in [0.05, 0.1) is 4.90 Å². The second-order valence-corrected chi connectivity index (χ2v) is 9.64. The topological polar surface area (TPSA) is 69.6 Å². The van der Waals surface area contributed by atoms with Crippen LogP contribution in [0.2, 0.25) is 0 Å². The van der Waals surface area contributed by atoms with Crippen LogP contribution >= 0.6 is 15.9 Å². The SMILES string of the molecule is O=S(=O)(c1ccc(Br)cc1)N1CCN(c2ccc(N3CCCC3)nn2)CC1. The number of piperazine rings is 1. The zero-order valence-corrected chi connectivity index (χ0v) is 17.4. The lowest BCUT2D eigenvalue weighted by Crippen LogP contribution is -2.49. The molecule has 4 rings (SSSR count). The van der Waals surface area contributed by atoms with E-state index in [1.165, 1.54) is 12.8 Å². The Labute approximate surface area is 168 Å². The molecule has 1 aromatic carbocycles.